The molecule has 0 saturated carbocycles. The summed E-state index contributed by atoms with van der Waals surface area (Å²) in [6.45, 7) is 5.49. The van der Waals surface area contributed by atoms with Gasteiger partial charge >= 0.3 is 0 Å². The topological polar surface area (TPSA) is 94.2 Å². The van der Waals surface area contributed by atoms with Crippen molar-refractivity contribution in [2.75, 3.05) is 33.6 Å². The van der Waals surface area contributed by atoms with Crippen molar-refractivity contribution < 1.29 is 27.4 Å². The molecule has 9 heteroatoms. The Morgan fingerprint density at radius 1 is 1.06 bits per heavy atom. The minimum atomic E-state index is -3.60. The first-order chi connectivity index (χ1) is 15.7. The molecule has 2 aliphatic heterocycles. The van der Waals surface area contributed by atoms with Gasteiger partial charge in [-0.2, -0.15) is 4.31 Å². The Morgan fingerprint density at radius 3 is 2.39 bits per heavy atom. The monoisotopic (exact) mass is 474 g/mol. The van der Waals surface area contributed by atoms with Gasteiger partial charge in [-0.25, -0.2) is 8.42 Å². The summed E-state index contributed by atoms with van der Waals surface area (Å²) < 4.78 is 43.2. The number of rotatable bonds is 7. The van der Waals surface area contributed by atoms with E-state index in [4.69, 9.17) is 14.2 Å². The van der Waals surface area contributed by atoms with Crippen molar-refractivity contribution in [3.8, 4) is 11.5 Å². The predicted molar refractivity (Wildman–Crippen MR) is 123 cm³/mol. The van der Waals surface area contributed by atoms with Gasteiger partial charge in [-0.1, -0.05) is 6.07 Å². The molecule has 0 radical (unpaired) electrons. The Kier molecular flexibility index (Phi) is 6.65. The second kappa shape index (κ2) is 9.32. The molecule has 33 heavy (non-hydrogen) atoms. The molecule has 2 aromatic carbocycles. The Labute approximate surface area is 194 Å². The molecule has 2 aromatic rings. The lowest BCUT2D eigenvalue weighted by molar-refractivity contribution is 0.0486. The lowest BCUT2D eigenvalue weighted by Gasteiger charge is -2.38. The molecule has 1 amide bonds. The van der Waals surface area contributed by atoms with Gasteiger partial charge in [0, 0.05) is 43.8 Å². The summed E-state index contributed by atoms with van der Waals surface area (Å²) in [5, 5.41) is 3.05. The Bertz CT molecular complexity index is 1110. The van der Waals surface area contributed by atoms with Crippen molar-refractivity contribution in [3.05, 3.63) is 53.6 Å². The number of hydrogen-bond acceptors (Lipinski definition) is 6. The minimum absolute atomic E-state index is 0.162. The molecule has 8 nitrogen and oxygen atoms in total. The molecule has 0 spiro atoms. The highest BCUT2D eigenvalue weighted by Gasteiger charge is 2.36. The summed E-state index contributed by atoms with van der Waals surface area (Å²) in [5.41, 5.74) is 1.21. The number of nitrogens with one attached hydrogen (secondary N) is 1. The molecule has 1 saturated heterocycles. The summed E-state index contributed by atoms with van der Waals surface area (Å²) in [4.78, 5) is 13.1. The number of sulfonamides is 1. The molecule has 0 aromatic heterocycles. The minimum Gasteiger partial charge on any atom is -0.454 e. The zero-order chi connectivity index (χ0) is 23.6. The average molecular weight is 475 g/mol. The second-order valence-electron chi connectivity index (χ2n) is 8.78. The number of hydrogen-bond donors (Lipinski definition) is 1. The van der Waals surface area contributed by atoms with Crippen LogP contribution in [0.4, 0.5) is 0 Å². The van der Waals surface area contributed by atoms with E-state index in [-0.39, 0.29) is 29.1 Å². The highest BCUT2D eigenvalue weighted by molar-refractivity contribution is 7.89. The Balaban J connectivity index is 1.49. The first kappa shape index (κ1) is 23.5. The van der Waals surface area contributed by atoms with Gasteiger partial charge in [0.1, 0.15) is 0 Å². The first-order valence-electron chi connectivity index (χ1n) is 11.1. The average Bonchev–Trinajstić information content (AvgIpc) is 3.30. The fraction of sp³-hybridized carbons (Fsp3) is 0.458. The van der Waals surface area contributed by atoms with Gasteiger partial charge in [0.25, 0.3) is 5.91 Å². The van der Waals surface area contributed by atoms with Crippen LogP contribution in [0.15, 0.2) is 47.4 Å². The Morgan fingerprint density at radius 2 is 1.73 bits per heavy atom. The van der Waals surface area contributed by atoms with Gasteiger partial charge in [0.05, 0.1) is 4.90 Å². The van der Waals surface area contributed by atoms with Crippen molar-refractivity contribution in [3.63, 3.8) is 0 Å². The largest absolute Gasteiger partial charge is 0.454 e. The molecule has 0 unspecified atom stereocenters. The van der Waals surface area contributed by atoms with Crippen molar-refractivity contribution in [1.82, 2.24) is 9.62 Å². The number of carbonyl (C=O) groups excluding carboxylic acids is 1. The molecule has 178 valence electrons. The van der Waals surface area contributed by atoms with E-state index in [2.05, 4.69) is 5.32 Å². The van der Waals surface area contributed by atoms with E-state index in [0.29, 0.717) is 31.1 Å². The normalized spacial score (nSPS) is 17.4. The SMILES string of the molecule is CC(C)N(C)S(=O)(=O)c1ccc(C(=O)NCC2(c3ccc4c(c3)OCO4)CCOCC2)cc1. The fourth-order valence-corrected chi connectivity index (χ4v) is 5.50. The molecule has 0 atom stereocenters. The molecule has 0 bridgehead atoms. The van der Waals surface area contributed by atoms with Crippen LogP contribution in [0.1, 0.15) is 42.6 Å². The summed E-state index contributed by atoms with van der Waals surface area (Å²) >= 11 is 0. The van der Waals surface area contributed by atoms with Gasteiger partial charge in [-0.05, 0) is 68.7 Å². The zero-order valence-electron chi connectivity index (χ0n) is 19.2. The van der Waals surface area contributed by atoms with E-state index in [1.807, 2.05) is 32.0 Å². The second-order valence-corrected chi connectivity index (χ2v) is 10.8. The molecular formula is C24H30N2O6S. The number of amides is 1. The molecule has 2 aliphatic rings. The van der Waals surface area contributed by atoms with Gasteiger partial charge in [0.2, 0.25) is 16.8 Å². The van der Waals surface area contributed by atoms with E-state index in [0.717, 1.165) is 24.2 Å². The molecule has 0 aliphatic carbocycles. The highest BCUT2D eigenvalue weighted by atomic mass is 32.2. The molecule has 4 rings (SSSR count). The maximum absolute atomic E-state index is 12.9. The quantitative estimate of drug-likeness (QED) is 0.663. The predicted octanol–water partition coefficient (Wildman–Crippen LogP) is 2.92. The van der Waals surface area contributed by atoms with Crippen LogP contribution in [-0.4, -0.2) is 58.3 Å². The fourth-order valence-electron chi connectivity index (χ4n) is 4.13. The Hall–Kier alpha value is -2.62. The van der Waals surface area contributed by atoms with E-state index in [9.17, 15) is 13.2 Å². The zero-order valence-corrected chi connectivity index (χ0v) is 20.0. The molecular weight excluding hydrogens is 444 g/mol. The van der Waals surface area contributed by atoms with E-state index >= 15 is 0 Å². The van der Waals surface area contributed by atoms with Crippen molar-refractivity contribution in [2.24, 2.45) is 0 Å². The van der Waals surface area contributed by atoms with Crippen LogP contribution in [0.5, 0.6) is 11.5 Å². The third kappa shape index (κ3) is 4.71. The van der Waals surface area contributed by atoms with Crippen LogP contribution >= 0.6 is 0 Å². The highest BCUT2D eigenvalue weighted by Crippen LogP contribution is 2.40. The van der Waals surface area contributed by atoms with Crippen LogP contribution in [0.25, 0.3) is 0 Å². The van der Waals surface area contributed by atoms with Gasteiger partial charge in [0.15, 0.2) is 11.5 Å². The maximum Gasteiger partial charge on any atom is 0.251 e. The summed E-state index contributed by atoms with van der Waals surface area (Å²) in [7, 11) is -2.05. The third-order valence-electron chi connectivity index (χ3n) is 6.54. The van der Waals surface area contributed by atoms with Crippen LogP contribution in [0.2, 0.25) is 0 Å². The number of carbonyl (C=O) groups is 1. The van der Waals surface area contributed by atoms with Crippen molar-refractivity contribution in [1.29, 1.82) is 0 Å². The van der Waals surface area contributed by atoms with Gasteiger partial charge < -0.3 is 19.5 Å². The number of ether oxygens (including phenoxy) is 3. The maximum atomic E-state index is 12.9. The summed E-state index contributed by atoms with van der Waals surface area (Å²) in [6.07, 6.45) is 1.54. The molecule has 1 N–H and O–H groups in total. The number of fused-ring (bicyclic) bond motifs is 1. The summed E-state index contributed by atoms with van der Waals surface area (Å²) in [6, 6.07) is 11.8. The number of nitrogens with zero attached hydrogens (tertiary/aromatic N) is 1. The first-order valence-corrected chi connectivity index (χ1v) is 12.5. The standard InChI is InChI=1S/C24H30N2O6S/c1-17(2)26(3)33(28,29)20-7-4-18(5-8-20)23(27)25-15-24(10-12-30-13-11-24)19-6-9-21-22(14-19)32-16-31-21/h4-9,14,17H,10-13,15-16H2,1-3H3,(H,25,27). The number of benzene rings is 2. The third-order valence-corrected chi connectivity index (χ3v) is 8.59. The van der Waals surface area contributed by atoms with E-state index in [1.54, 1.807) is 19.2 Å². The summed E-state index contributed by atoms with van der Waals surface area (Å²) in [5.74, 6) is 1.19. The van der Waals surface area contributed by atoms with E-state index in [1.165, 1.54) is 16.4 Å². The molecule has 2 heterocycles. The van der Waals surface area contributed by atoms with Crippen LogP contribution in [0, 0.1) is 0 Å². The van der Waals surface area contributed by atoms with Crippen LogP contribution in [0.3, 0.4) is 0 Å². The van der Waals surface area contributed by atoms with Crippen molar-refractivity contribution in [2.45, 2.75) is 43.0 Å². The smallest absolute Gasteiger partial charge is 0.251 e. The lowest BCUT2D eigenvalue weighted by Crippen LogP contribution is -2.44. The van der Waals surface area contributed by atoms with Crippen LogP contribution in [-0.2, 0) is 20.2 Å². The van der Waals surface area contributed by atoms with E-state index < -0.39 is 10.0 Å². The van der Waals surface area contributed by atoms with Crippen molar-refractivity contribution >= 4 is 15.9 Å². The van der Waals surface area contributed by atoms with Gasteiger partial charge in [-0.15, -0.1) is 0 Å². The van der Waals surface area contributed by atoms with Gasteiger partial charge in [-0.3, -0.25) is 4.79 Å². The van der Waals surface area contributed by atoms with Crippen LogP contribution < -0.4 is 14.8 Å². The lowest BCUT2D eigenvalue weighted by atomic mass is 9.74. The molecule has 1 fully saturated rings.